The summed E-state index contributed by atoms with van der Waals surface area (Å²) < 4.78 is 21.8. The molecule has 0 aliphatic carbocycles. The van der Waals surface area contributed by atoms with Crippen LogP contribution in [0.25, 0.3) is 0 Å². The Hall–Kier alpha value is -0.730. The van der Waals surface area contributed by atoms with Gasteiger partial charge in [0.1, 0.15) is 12.2 Å². The van der Waals surface area contributed by atoms with Gasteiger partial charge in [0, 0.05) is 13.1 Å². The molecule has 108 valence electrons. The van der Waals surface area contributed by atoms with Crippen molar-refractivity contribution in [2.45, 2.75) is 44.2 Å². The number of aliphatic hydroxyl groups is 1. The van der Waals surface area contributed by atoms with Gasteiger partial charge in [-0.1, -0.05) is 0 Å². The first kappa shape index (κ1) is 13.3. The van der Waals surface area contributed by atoms with E-state index in [9.17, 15) is 9.90 Å². The van der Waals surface area contributed by atoms with Crippen molar-refractivity contribution in [2.75, 3.05) is 26.3 Å². The molecule has 7 heteroatoms. The average molecular weight is 273 g/mol. The third-order valence-electron chi connectivity index (χ3n) is 3.58. The summed E-state index contributed by atoms with van der Waals surface area (Å²) in [6.07, 6.45) is -3.20. The zero-order valence-electron chi connectivity index (χ0n) is 11.1. The van der Waals surface area contributed by atoms with E-state index in [-0.39, 0.29) is 5.91 Å². The Labute approximate surface area is 111 Å². The molecule has 0 bridgehead atoms. The van der Waals surface area contributed by atoms with E-state index >= 15 is 0 Å². The third-order valence-corrected chi connectivity index (χ3v) is 3.58. The minimum absolute atomic E-state index is 0.227. The standard InChI is InChI=1S/C12H19NO6/c1-12(2)18-9-7(14)8(17-11(9)19-12)10(15)13-3-5-16-6-4-13/h7-9,11,14H,3-6H2,1-2H3/t7-,8?,9+,11?/m1/s1. The number of aliphatic hydroxyl groups excluding tert-OH is 1. The van der Waals surface area contributed by atoms with Gasteiger partial charge < -0.3 is 29.0 Å². The number of ether oxygens (including phenoxy) is 4. The maximum atomic E-state index is 12.3. The first-order valence-electron chi connectivity index (χ1n) is 6.54. The first-order valence-corrected chi connectivity index (χ1v) is 6.54. The van der Waals surface area contributed by atoms with Crippen LogP contribution in [0.1, 0.15) is 13.8 Å². The molecule has 0 aromatic heterocycles. The lowest BCUT2D eigenvalue weighted by Gasteiger charge is -2.30. The summed E-state index contributed by atoms with van der Waals surface area (Å²) in [5, 5.41) is 10.2. The fraction of sp³-hybridized carbons (Fsp3) is 0.917. The lowest BCUT2D eigenvalue weighted by atomic mass is 10.1. The highest BCUT2D eigenvalue weighted by Crippen LogP contribution is 2.37. The van der Waals surface area contributed by atoms with Crippen LogP contribution >= 0.6 is 0 Å². The van der Waals surface area contributed by atoms with Crippen molar-refractivity contribution < 1.29 is 28.8 Å². The van der Waals surface area contributed by atoms with Crippen molar-refractivity contribution >= 4 is 5.91 Å². The largest absolute Gasteiger partial charge is 0.387 e. The number of amides is 1. The Morgan fingerprint density at radius 2 is 1.95 bits per heavy atom. The smallest absolute Gasteiger partial charge is 0.254 e. The highest BCUT2D eigenvalue weighted by atomic mass is 16.8. The topological polar surface area (TPSA) is 77.5 Å². The fourth-order valence-corrected chi connectivity index (χ4v) is 2.66. The summed E-state index contributed by atoms with van der Waals surface area (Å²) >= 11 is 0. The molecule has 19 heavy (non-hydrogen) atoms. The number of rotatable bonds is 1. The SMILES string of the molecule is CC1(C)OC2OC(C(=O)N3CCOCC3)[C@@H](O)[C@@H]2O1. The van der Waals surface area contributed by atoms with Crippen molar-refractivity contribution in [1.82, 2.24) is 4.90 Å². The van der Waals surface area contributed by atoms with Crippen molar-refractivity contribution in [3.8, 4) is 0 Å². The van der Waals surface area contributed by atoms with E-state index in [0.717, 1.165) is 0 Å². The Balaban J connectivity index is 1.66. The van der Waals surface area contributed by atoms with Crippen LogP contribution in [0.5, 0.6) is 0 Å². The molecule has 3 heterocycles. The highest BCUT2D eigenvalue weighted by molar-refractivity contribution is 5.82. The quantitative estimate of drug-likeness (QED) is 0.666. The van der Waals surface area contributed by atoms with Crippen molar-refractivity contribution in [3.05, 3.63) is 0 Å². The number of morpholine rings is 1. The maximum absolute atomic E-state index is 12.3. The second kappa shape index (κ2) is 4.68. The first-order chi connectivity index (χ1) is 8.98. The number of hydrogen-bond donors (Lipinski definition) is 1. The van der Waals surface area contributed by atoms with Gasteiger partial charge in [-0.25, -0.2) is 0 Å². The molecule has 1 N–H and O–H groups in total. The second-order valence-corrected chi connectivity index (χ2v) is 5.45. The number of carbonyl (C=O) groups is 1. The minimum atomic E-state index is -0.998. The fourth-order valence-electron chi connectivity index (χ4n) is 2.66. The van der Waals surface area contributed by atoms with Gasteiger partial charge in [0.05, 0.1) is 13.2 Å². The third kappa shape index (κ3) is 2.36. The normalized spacial score (nSPS) is 41.3. The number of hydrogen-bond acceptors (Lipinski definition) is 6. The van der Waals surface area contributed by atoms with Crippen LogP contribution in [0, 0.1) is 0 Å². The van der Waals surface area contributed by atoms with Gasteiger partial charge in [-0.05, 0) is 13.8 Å². The molecule has 4 atom stereocenters. The van der Waals surface area contributed by atoms with Crippen LogP contribution in [0.2, 0.25) is 0 Å². The lowest BCUT2D eigenvalue weighted by Crippen LogP contribution is -2.50. The molecule has 7 nitrogen and oxygen atoms in total. The van der Waals surface area contributed by atoms with Gasteiger partial charge in [-0.15, -0.1) is 0 Å². The van der Waals surface area contributed by atoms with E-state index in [2.05, 4.69) is 0 Å². The molecule has 0 aromatic rings. The maximum Gasteiger partial charge on any atom is 0.254 e. The Kier molecular flexibility index (Phi) is 3.26. The van der Waals surface area contributed by atoms with Crippen molar-refractivity contribution in [1.29, 1.82) is 0 Å². The monoisotopic (exact) mass is 273 g/mol. The molecule has 2 unspecified atom stereocenters. The van der Waals surface area contributed by atoms with E-state index < -0.39 is 30.4 Å². The lowest BCUT2D eigenvalue weighted by molar-refractivity contribution is -0.217. The molecule has 3 fully saturated rings. The molecule has 3 aliphatic heterocycles. The Morgan fingerprint density at radius 1 is 1.26 bits per heavy atom. The molecular formula is C12H19NO6. The average Bonchev–Trinajstić information content (AvgIpc) is 2.84. The van der Waals surface area contributed by atoms with Crippen LogP contribution in [0.4, 0.5) is 0 Å². The molecule has 0 radical (unpaired) electrons. The van der Waals surface area contributed by atoms with Crippen molar-refractivity contribution in [2.24, 2.45) is 0 Å². The predicted molar refractivity (Wildman–Crippen MR) is 62.1 cm³/mol. The highest BCUT2D eigenvalue weighted by Gasteiger charge is 2.56. The molecule has 3 aliphatic rings. The van der Waals surface area contributed by atoms with Crippen LogP contribution in [-0.2, 0) is 23.7 Å². The predicted octanol–water partition coefficient (Wildman–Crippen LogP) is -0.917. The van der Waals surface area contributed by atoms with E-state index in [0.29, 0.717) is 26.3 Å². The zero-order valence-corrected chi connectivity index (χ0v) is 11.1. The molecule has 3 rings (SSSR count). The summed E-state index contributed by atoms with van der Waals surface area (Å²) in [5.41, 5.74) is 0. The summed E-state index contributed by atoms with van der Waals surface area (Å²) in [6, 6.07) is 0. The van der Waals surface area contributed by atoms with Crippen LogP contribution < -0.4 is 0 Å². The second-order valence-electron chi connectivity index (χ2n) is 5.45. The van der Waals surface area contributed by atoms with E-state index in [1.807, 2.05) is 0 Å². The summed E-state index contributed by atoms with van der Waals surface area (Å²) in [5.74, 6) is -1.02. The van der Waals surface area contributed by atoms with Crippen molar-refractivity contribution in [3.63, 3.8) is 0 Å². The molecule has 0 spiro atoms. The minimum Gasteiger partial charge on any atom is -0.387 e. The molecule has 0 aromatic carbocycles. The number of carbonyl (C=O) groups excluding carboxylic acids is 1. The summed E-state index contributed by atoms with van der Waals surface area (Å²) in [4.78, 5) is 13.9. The van der Waals surface area contributed by atoms with Gasteiger partial charge in [-0.2, -0.15) is 0 Å². The summed E-state index contributed by atoms with van der Waals surface area (Å²) in [6.45, 7) is 5.57. The molecular weight excluding hydrogens is 254 g/mol. The molecule has 1 amide bonds. The van der Waals surface area contributed by atoms with Gasteiger partial charge in [0.2, 0.25) is 0 Å². The van der Waals surface area contributed by atoms with Gasteiger partial charge in [0.25, 0.3) is 5.91 Å². The summed E-state index contributed by atoms with van der Waals surface area (Å²) in [7, 11) is 0. The van der Waals surface area contributed by atoms with Gasteiger partial charge >= 0.3 is 0 Å². The molecule has 3 saturated heterocycles. The Morgan fingerprint density at radius 3 is 2.58 bits per heavy atom. The van der Waals surface area contributed by atoms with Gasteiger partial charge in [-0.3, -0.25) is 4.79 Å². The van der Waals surface area contributed by atoms with Gasteiger partial charge in [0.15, 0.2) is 18.2 Å². The number of nitrogens with zero attached hydrogens (tertiary/aromatic N) is 1. The van der Waals surface area contributed by atoms with E-state index in [1.165, 1.54) is 0 Å². The Bertz CT molecular complexity index is 367. The van der Waals surface area contributed by atoms with Crippen LogP contribution in [-0.4, -0.2) is 72.6 Å². The van der Waals surface area contributed by atoms with Crippen LogP contribution in [0.3, 0.4) is 0 Å². The number of fused-ring (bicyclic) bond motifs is 1. The van der Waals surface area contributed by atoms with E-state index in [1.54, 1.807) is 18.7 Å². The molecule has 0 saturated carbocycles. The van der Waals surface area contributed by atoms with Crippen LogP contribution in [0.15, 0.2) is 0 Å². The van der Waals surface area contributed by atoms with E-state index in [4.69, 9.17) is 18.9 Å². The zero-order chi connectivity index (χ0) is 13.6.